The van der Waals surface area contributed by atoms with E-state index < -0.39 is 0 Å². The Bertz CT molecular complexity index is 1480. The Balaban J connectivity index is 1.20. The summed E-state index contributed by atoms with van der Waals surface area (Å²) in [5.41, 5.74) is 4.86. The molecule has 42 heavy (non-hydrogen) atoms. The van der Waals surface area contributed by atoms with Gasteiger partial charge in [-0.2, -0.15) is 15.2 Å². The van der Waals surface area contributed by atoms with Crippen LogP contribution in [0.1, 0.15) is 36.1 Å². The number of ether oxygens (including phenoxy) is 1. The van der Waals surface area contributed by atoms with Crippen molar-refractivity contribution in [3.05, 3.63) is 53.2 Å². The Morgan fingerprint density at radius 3 is 2.69 bits per heavy atom. The van der Waals surface area contributed by atoms with Crippen LogP contribution < -0.4 is 19.9 Å². The molecule has 220 valence electrons. The zero-order chi connectivity index (χ0) is 28.6. The molecule has 5 heterocycles. The molecule has 3 atom stereocenters. The molecule has 9 heteroatoms. The Morgan fingerprint density at radius 2 is 1.90 bits per heavy atom. The van der Waals surface area contributed by atoms with Crippen LogP contribution in [0.5, 0.6) is 6.01 Å². The van der Waals surface area contributed by atoms with E-state index in [1.165, 1.54) is 34.0 Å². The lowest BCUT2D eigenvalue weighted by molar-refractivity contribution is 0.177. The second-order valence-electron chi connectivity index (χ2n) is 12.5. The van der Waals surface area contributed by atoms with Crippen molar-refractivity contribution in [1.29, 1.82) is 5.26 Å². The Hall–Kier alpha value is -3.45. The van der Waals surface area contributed by atoms with Crippen molar-refractivity contribution in [2.45, 2.75) is 57.3 Å². The average molecular weight is 567 g/mol. The summed E-state index contributed by atoms with van der Waals surface area (Å²) in [6.45, 7) is 10.3. The van der Waals surface area contributed by atoms with Crippen LogP contribution in [0.25, 0.3) is 10.8 Å². The van der Waals surface area contributed by atoms with E-state index in [1.54, 1.807) is 0 Å². The highest BCUT2D eigenvalue weighted by Crippen LogP contribution is 2.36. The van der Waals surface area contributed by atoms with Gasteiger partial charge in [0.1, 0.15) is 12.4 Å². The summed E-state index contributed by atoms with van der Waals surface area (Å²) in [6.07, 6.45) is 3.77. The lowest BCUT2D eigenvalue weighted by atomic mass is 9.99. The fourth-order valence-electron chi connectivity index (χ4n) is 7.17. The highest BCUT2D eigenvalue weighted by atomic mass is 16.5. The first kappa shape index (κ1) is 27.4. The predicted molar refractivity (Wildman–Crippen MR) is 166 cm³/mol. The molecule has 9 nitrogen and oxygen atoms in total. The van der Waals surface area contributed by atoms with Gasteiger partial charge in [0.25, 0.3) is 0 Å². The van der Waals surface area contributed by atoms with E-state index >= 15 is 0 Å². The van der Waals surface area contributed by atoms with Gasteiger partial charge in [-0.15, -0.1) is 0 Å². The van der Waals surface area contributed by atoms with Crippen LogP contribution in [0, 0.1) is 18.3 Å². The highest BCUT2D eigenvalue weighted by molar-refractivity contribution is 5.97. The van der Waals surface area contributed by atoms with E-state index in [2.05, 4.69) is 81.4 Å². The molecule has 0 unspecified atom stereocenters. The zero-order valence-corrected chi connectivity index (χ0v) is 24.9. The standard InChI is InChI=1S/C33H42N8O/c1-23-6-3-7-24-8-4-10-30(31(23)24)40-15-12-28-29(21-40)36-33(42-22-27-9-5-14-38(27)2)37-32(28)41-17-16-39(19-25-18-35-25)26(20-41)11-13-34/h3-4,6-8,10,25-27,35H,5,9,11-12,14-22H2,1-2H3/t25-,26-,27-/m0/s1. The van der Waals surface area contributed by atoms with Crippen LogP contribution in [0.15, 0.2) is 36.4 Å². The Kier molecular flexibility index (Phi) is 7.61. The number of piperazine rings is 1. The number of anilines is 2. The summed E-state index contributed by atoms with van der Waals surface area (Å²) in [6, 6.07) is 17.3. The van der Waals surface area contributed by atoms with Gasteiger partial charge in [0.2, 0.25) is 0 Å². The van der Waals surface area contributed by atoms with Gasteiger partial charge in [0.05, 0.1) is 24.7 Å². The number of rotatable bonds is 8. The lowest BCUT2D eigenvalue weighted by Gasteiger charge is -2.42. The molecule has 1 N–H and O–H groups in total. The number of likely N-dealkylation sites (N-methyl/N-ethyl adjacent to an activating group) is 1. The second kappa shape index (κ2) is 11.7. The largest absolute Gasteiger partial charge is 0.462 e. The van der Waals surface area contributed by atoms with E-state index in [4.69, 9.17) is 14.7 Å². The van der Waals surface area contributed by atoms with Crippen molar-refractivity contribution in [2.75, 3.05) is 69.3 Å². The van der Waals surface area contributed by atoms with E-state index in [1.807, 2.05) is 0 Å². The van der Waals surface area contributed by atoms with Crippen LogP contribution in [0.3, 0.4) is 0 Å². The number of likely N-dealkylation sites (tertiary alicyclic amines) is 1. The maximum atomic E-state index is 9.64. The molecule has 4 aliphatic heterocycles. The lowest BCUT2D eigenvalue weighted by Crippen LogP contribution is -2.54. The highest BCUT2D eigenvalue weighted by Gasteiger charge is 2.35. The van der Waals surface area contributed by atoms with E-state index in [0.29, 0.717) is 31.1 Å². The van der Waals surface area contributed by atoms with Crippen molar-refractivity contribution in [3.8, 4) is 12.1 Å². The number of hydrogen-bond acceptors (Lipinski definition) is 9. The van der Waals surface area contributed by atoms with Crippen LogP contribution in [-0.2, 0) is 13.0 Å². The summed E-state index contributed by atoms with van der Waals surface area (Å²) in [5, 5.41) is 15.7. The summed E-state index contributed by atoms with van der Waals surface area (Å²) in [5.74, 6) is 1.01. The Morgan fingerprint density at radius 1 is 1.05 bits per heavy atom. The third-order valence-electron chi connectivity index (χ3n) is 9.71. The molecule has 2 aromatic carbocycles. The maximum Gasteiger partial charge on any atom is 0.318 e. The molecular weight excluding hydrogens is 524 g/mol. The molecule has 4 aliphatic rings. The minimum Gasteiger partial charge on any atom is -0.462 e. The molecule has 7 rings (SSSR count). The van der Waals surface area contributed by atoms with E-state index in [-0.39, 0.29) is 6.04 Å². The first-order chi connectivity index (χ1) is 20.6. The first-order valence-corrected chi connectivity index (χ1v) is 15.6. The summed E-state index contributed by atoms with van der Waals surface area (Å²) in [4.78, 5) is 19.9. The van der Waals surface area contributed by atoms with Gasteiger partial charge in [-0.3, -0.25) is 4.90 Å². The molecule has 0 amide bonds. The maximum absolute atomic E-state index is 9.64. The number of nitrogens with one attached hydrogen (secondary N) is 1. The number of nitrogens with zero attached hydrogens (tertiary/aromatic N) is 7. The van der Waals surface area contributed by atoms with E-state index in [0.717, 1.165) is 76.7 Å². The summed E-state index contributed by atoms with van der Waals surface area (Å²) >= 11 is 0. The second-order valence-corrected chi connectivity index (χ2v) is 12.5. The van der Waals surface area contributed by atoms with Gasteiger partial charge in [0, 0.05) is 74.0 Å². The van der Waals surface area contributed by atoms with Gasteiger partial charge >= 0.3 is 6.01 Å². The Labute approximate surface area is 249 Å². The normalized spacial score (nSPS) is 24.5. The van der Waals surface area contributed by atoms with E-state index in [9.17, 15) is 5.26 Å². The van der Waals surface area contributed by atoms with Gasteiger partial charge in [-0.1, -0.05) is 30.3 Å². The number of hydrogen-bond donors (Lipinski definition) is 1. The van der Waals surface area contributed by atoms with Crippen molar-refractivity contribution in [1.82, 2.24) is 25.1 Å². The smallest absolute Gasteiger partial charge is 0.318 e. The molecule has 0 spiro atoms. The van der Waals surface area contributed by atoms with Crippen molar-refractivity contribution in [2.24, 2.45) is 0 Å². The first-order valence-electron chi connectivity index (χ1n) is 15.6. The van der Waals surface area contributed by atoms with Crippen LogP contribution in [0.2, 0.25) is 0 Å². The quantitative estimate of drug-likeness (QED) is 0.412. The number of aryl methyl sites for hydroxylation is 1. The minimum atomic E-state index is 0.201. The van der Waals surface area contributed by atoms with Crippen molar-refractivity contribution >= 4 is 22.3 Å². The molecule has 0 radical (unpaired) electrons. The average Bonchev–Trinajstić information content (AvgIpc) is 3.73. The fraction of sp³-hybridized carbons (Fsp3) is 0.545. The number of fused-ring (bicyclic) bond motifs is 2. The number of nitriles is 1. The van der Waals surface area contributed by atoms with Gasteiger partial charge in [0.15, 0.2) is 0 Å². The molecule has 0 bridgehead atoms. The topological polar surface area (TPSA) is 93.7 Å². The molecule has 3 fully saturated rings. The van der Waals surface area contributed by atoms with Crippen LogP contribution >= 0.6 is 0 Å². The molecular formula is C33H42N8O. The minimum absolute atomic E-state index is 0.201. The number of aromatic nitrogens is 2. The molecule has 1 aromatic heterocycles. The van der Waals surface area contributed by atoms with Crippen LogP contribution in [0.4, 0.5) is 11.5 Å². The molecule has 3 aromatic rings. The SMILES string of the molecule is Cc1cccc2cccc(N3CCc4c(nc(OC[C@@H]5CCCN5C)nc4N4CCN(C[C@@H]5CN5)[C@@H](CC#N)C4)C3)c12. The molecule has 3 saturated heterocycles. The van der Waals surface area contributed by atoms with Gasteiger partial charge < -0.3 is 24.8 Å². The van der Waals surface area contributed by atoms with Gasteiger partial charge in [-0.05, 0) is 56.8 Å². The monoisotopic (exact) mass is 566 g/mol. The van der Waals surface area contributed by atoms with Crippen LogP contribution in [-0.4, -0.2) is 97.4 Å². The fourth-order valence-corrected chi connectivity index (χ4v) is 7.17. The predicted octanol–water partition coefficient (Wildman–Crippen LogP) is 3.35. The van der Waals surface area contributed by atoms with Crippen molar-refractivity contribution < 1.29 is 4.74 Å². The molecule has 0 saturated carbocycles. The van der Waals surface area contributed by atoms with Gasteiger partial charge in [-0.25, -0.2) is 0 Å². The summed E-state index contributed by atoms with van der Waals surface area (Å²) in [7, 11) is 2.18. The summed E-state index contributed by atoms with van der Waals surface area (Å²) < 4.78 is 6.36. The molecule has 0 aliphatic carbocycles. The van der Waals surface area contributed by atoms with Crippen molar-refractivity contribution in [3.63, 3.8) is 0 Å². The number of benzene rings is 2. The zero-order valence-electron chi connectivity index (χ0n) is 24.9. The third kappa shape index (κ3) is 5.51. The third-order valence-corrected chi connectivity index (χ3v) is 9.71.